The lowest BCUT2D eigenvalue weighted by atomic mass is 10.1. The van der Waals surface area contributed by atoms with Gasteiger partial charge in [0.15, 0.2) is 0 Å². The van der Waals surface area contributed by atoms with Crippen LogP contribution in [-0.4, -0.2) is 40.6 Å². The minimum atomic E-state index is -0.529. The van der Waals surface area contributed by atoms with Gasteiger partial charge in [-0.05, 0) is 63.3 Å². The second-order valence-electron chi connectivity index (χ2n) is 8.45. The largest absolute Gasteiger partial charge is 0.444 e. The predicted octanol–water partition coefficient (Wildman–Crippen LogP) is 3.86. The van der Waals surface area contributed by atoms with E-state index in [1.54, 1.807) is 24.3 Å². The first-order valence-electron chi connectivity index (χ1n) is 9.62. The number of likely N-dealkylation sites (tertiary alicyclic amines) is 1. The summed E-state index contributed by atoms with van der Waals surface area (Å²) < 4.78 is 18.2. The average molecular weight is 399 g/mol. The number of benzene rings is 1. The molecule has 1 aromatic carbocycles. The quantitative estimate of drug-likeness (QED) is 0.831. The van der Waals surface area contributed by atoms with Crippen LogP contribution in [0.4, 0.5) is 9.18 Å². The van der Waals surface area contributed by atoms with E-state index in [2.05, 4.69) is 4.98 Å². The summed E-state index contributed by atoms with van der Waals surface area (Å²) in [7, 11) is 0. The van der Waals surface area contributed by atoms with E-state index in [9.17, 15) is 14.0 Å². The molecule has 7 heteroatoms. The van der Waals surface area contributed by atoms with E-state index in [1.165, 1.54) is 24.8 Å². The summed E-state index contributed by atoms with van der Waals surface area (Å²) in [6, 6.07) is 9.29. The average Bonchev–Trinajstić information content (AvgIpc) is 3.26. The second kappa shape index (κ2) is 8.19. The normalized spacial score (nSPS) is 19.7. The van der Waals surface area contributed by atoms with E-state index >= 15 is 0 Å². The summed E-state index contributed by atoms with van der Waals surface area (Å²) in [6.45, 7) is 7.55. The van der Waals surface area contributed by atoms with Crippen LogP contribution in [0.25, 0.3) is 11.3 Å². The fourth-order valence-electron chi connectivity index (χ4n) is 3.23. The third kappa shape index (κ3) is 5.76. The highest BCUT2D eigenvalue weighted by molar-refractivity contribution is 5.92. The highest BCUT2D eigenvalue weighted by atomic mass is 19.1. The Bertz CT molecular complexity index is 883. The number of hydrogen-bond acceptors (Lipinski definition) is 4. The van der Waals surface area contributed by atoms with Crippen LogP contribution in [-0.2, 0) is 4.74 Å². The third-order valence-electron chi connectivity index (χ3n) is 4.80. The van der Waals surface area contributed by atoms with Crippen molar-refractivity contribution in [2.45, 2.75) is 32.8 Å². The summed E-state index contributed by atoms with van der Waals surface area (Å²) in [5, 5.41) is 0. The molecule has 2 atom stereocenters. The van der Waals surface area contributed by atoms with E-state index < -0.39 is 5.91 Å². The van der Waals surface area contributed by atoms with Crippen molar-refractivity contribution >= 4 is 12.0 Å². The Kier molecular flexibility index (Phi) is 5.86. The summed E-state index contributed by atoms with van der Waals surface area (Å²) >= 11 is 0. The lowest BCUT2D eigenvalue weighted by molar-refractivity contribution is 0.0274. The van der Waals surface area contributed by atoms with Crippen LogP contribution in [0.1, 0.15) is 37.6 Å². The standard InChI is InChI=1S/C12H9FN2O.C10H17NO2/c13-10-3-1-2-8(6-10)11-5-4-9(7-15-11)12(14)16;1-10(2,3)13-9(12)11-5-7-4-8(7)6-11/h1-7H,(H2,14,16);7-8H,4-6H2,1-3H3/t;7-,8+. The molecule has 2 N–H and O–H groups in total. The smallest absolute Gasteiger partial charge is 0.410 e. The number of amides is 2. The molecule has 2 aromatic rings. The minimum absolute atomic E-state index is 0.139. The van der Waals surface area contributed by atoms with Crippen molar-refractivity contribution in [1.82, 2.24) is 9.88 Å². The maximum Gasteiger partial charge on any atom is 0.410 e. The number of carbonyl (C=O) groups excluding carboxylic acids is 2. The van der Waals surface area contributed by atoms with Gasteiger partial charge >= 0.3 is 6.09 Å². The Hall–Kier alpha value is -2.96. The van der Waals surface area contributed by atoms with Crippen molar-refractivity contribution < 1.29 is 18.7 Å². The number of piperidine rings is 1. The van der Waals surface area contributed by atoms with Gasteiger partial charge in [-0.25, -0.2) is 9.18 Å². The van der Waals surface area contributed by atoms with E-state index in [4.69, 9.17) is 10.5 Å². The molecule has 0 unspecified atom stereocenters. The van der Waals surface area contributed by atoms with Crippen LogP contribution >= 0.6 is 0 Å². The number of rotatable bonds is 2. The number of halogens is 1. The van der Waals surface area contributed by atoms with Crippen molar-refractivity contribution in [1.29, 1.82) is 0 Å². The highest BCUT2D eigenvalue weighted by Gasteiger charge is 2.47. The Morgan fingerprint density at radius 2 is 1.86 bits per heavy atom. The number of nitrogens with two attached hydrogens (primary N) is 1. The molecule has 6 nitrogen and oxygen atoms in total. The fourth-order valence-corrected chi connectivity index (χ4v) is 3.23. The zero-order valence-corrected chi connectivity index (χ0v) is 16.9. The van der Waals surface area contributed by atoms with E-state index in [1.807, 2.05) is 25.7 Å². The molecule has 1 saturated heterocycles. The lowest BCUT2D eigenvalue weighted by Crippen LogP contribution is -2.36. The van der Waals surface area contributed by atoms with Crippen LogP contribution < -0.4 is 5.73 Å². The van der Waals surface area contributed by atoms with Gasteiger partial charge in [-0.3, -0.25) is 9.78 Å². The molecule has 1 aromatic heterocycles. The van der Waals surface area contributed by atoms with Gasteiger partial charge in [-0.2, -0.15) is 0 Å². The number of carbonyl (C=O) groups is 2. The molecule has 2 heterocycles. The molecule has 2 aliphatic rings. The van der Waals surface area contributed by atoms with Crippen molar-refractivity contribution in [2.75, 3.05) is 13.1 Å². The Labute approximate surface area is 169 Å². The molecule has 1 saturated carbocycles. The van der Waals surface area contributed by atoms with Gasteiger partial charge in [0.1, 0.15) is 11.4 Å². The number of hydrogen-bond donors (Lipinski definition) is 1. The molecule has 0 radical (unpaired) electrons. The predicted molar refractivity (Wildman–Crippen MR) is 108 cm³/mol. The molecule has 1 aliphatic carbocycles. The second-order valence-corrected chi connectivity index (χ2v) is 8.45. The van der Waals surface area contributed by atoms with Gasteiger partial charge in [0.2, 0.25) is 5.91 Å². The van der Waals surface area contributed by atoms with Crippen LogP contribution in [0.2, 0.25) is 0 Å². The number of primary amides is 1. The van der Waals surface area contributed by atoms with Crippen molar-refractivity contribution in [3.05, 3.63) is 54.0 Å². The molecule has 1 aliphatic heterocycles. The molecule has 4 rings (SSSR count). The Balaban J connectivity index is 0.000000169. The molecule has 0 bridgehead atoms. The third-order valence-corrected chi connectivity index (χ3v) is 4.80. The Morgan fingerprint density at radius 1 is 1.17 bits per heavy atom. The molecule has 2 amide bonds. The van der Waals surface area contributed by atoms with Crippen LogP contribution in [0.5, 0.6) is 0 Å². The first kappa shape index (κ1) is 20.8. The molecule has 154 valence electrons. The topological polar surface area (TPSA) is 85.5 Å². The fraction of sp³-hybridized carbons (Fsp3) is 0.409. The summed E-state index contributed by atoms with van der Waals surface area (Å²) in [5.74, 6) is 0.719. The minimum Gasteiger partial charge on any atom is -0.444 e. The van der Waals surface area contributed by atoms with Crippen molar-refractivity contribution in [3.8, 4) is 11.3 Å². The number of pyridine rings is 1. The lowest BCUT2D eigenvalue weighted by Gasteiger charge is -2.25. The highest BCUT2D eigenvalue weighted by Crippen LogP contribution is 2.45. The summed E-state index contributed by atoms with van der Waals surface area (Å²) in [4.78, 5) is 28.2. The van der Waals surface area contributed by atoms with E-state index in [0.29, 0.717) is 16.8 Å². The Morgan fingerprint density at radius 3 is 2.38 bits per heavy atom. The van der Waals surface area contributed by atoms with Gasteiger partial charge in [0, 0.05) is 24.8 Å². The number of aromatic nitrogens is 1. The monoisotopic (exact) mass is 399 g/mol. The summed E-state index contributed by atoms with van der Waals surface area (Å²) in [6.07, 6.45) is 2.56. The van der Waals surface area contributed by atoms with Gasteiger partial charge < -0.3 is 15.4 Å². The van der Waals surface area contributed by atoms with Gasteiger partial charge in [0.25, 0.3) is 0 Å². The maximum absolute atomic E-state index is 13.0. The van der Waals surface area contributed by atoms with Crippen LogP contribution in [0, 0.1) is 17.7 Å². The molecular formula is C22H26FN3O3. The van der Waals surface area contributed by atoms with Gasteiger partial charge in [0.05, 0.1) is 11.3 Å². The number of nitrogens with zero attached hydrogens (tertiary/aromatic N) is 2. The molecule has 2 fully saturated rings. The molecule has 29 heavy (non-hydrogen) atoms. The van der Waals surface area contributed by atoms with Crippen molar-refractivity contribution in [2.24, 2.45) is 17.6 Å². The first-order chi connectivity index (χ1) is 13.6. The molecular weight excluding hydrogens is 373 g/mol. The van der Waals surface area contributed by atoms with Crippen LogP contribution in [0.15, 0.2) is 42.6 Å². The van der Waals surface area contributed by atoms with E-state index in [-0.39, 0.29) is 17.5 Å². The van der Waals surface area contributed by atoms with E-state index in [0.717, 1.165) is 24.9 Å². The maximum atomic E-state index is 13.0. The first-order valence-corrected chi connectivity index (χ1v) is 9.62. The van der Waals surface area contributed by atoms with Crippen LogP contribution in [0.3, 0.4) is 0 Å². The SMILES string of the molecule is CC(C)(C)OC(=O)N1C[C@H]2C[C@H]2C1.NC(=O)c1ccc(-c2cccc(F)c2)nc1. The number of fused-ring (bicyclic) bond motifs is 1. The van der Waals surface area contributed by atoms with Gasteiger partial charge in [-0.15, -0.1) is 0 Å². The zero-order chi connectivity index (χ0) is 21.2. The summed E-state index contributed by atoms with van der Waals surface area (Å²) in [5.41, 5.74) is 6.33. The zero-order valence-electron chi connectivity index (χ0n) is 16.9. The van der Waals surface area contributed by atoms with Crippen molar-refractivity contribution in [3.63, 3.8) is 0 Å². The number of ether oxygens (including phenoxy) is 1. The van der Waals surface area contributed by atoms with Gasteiger partial charge in [-0.1, -0.05) is 12.1 Å². The molecule has 0 spiro atoms.